The molecule has 1 saturated heterocycles. The molecule has 110 valence electrons. The molecule has 2 unspecified atom stereocenters. The summed E-state index contributed by atoms with van der Waals surface area (Å²) in [5.41, 5.74) is 0.608. The summed E-state index contributed by atoms with van der Waals surface area (Å²) in [6, 6.07) is 1.59. The van der Waals surface area contributed by atoms with Crippen molar-refractivity contribution in [1.82, 2.24) is 10.2 Å². The lowest BCUT2D eigenvalue weighted by Gasteiger charge is -2.46. The maximum atomic E-state index is 3.82. The van der Waals surface area contributed by atoms with Crippen molar-refractivity contribution in [1.29, 1.82) is 0 Å². The molecule has 3 fully saturated rings. The molecule has 0 amide bonds. The second-order valence-electron chi connectivity index (χ2n) is 7.72. The van der Waals surface area contributed by atoms with E-state index in [1.54, 1.807) is 0 Å². The summed E-state index contributed by atoms with van der Waals surface area (Å²) in [6.07, 6.45) is 11.6. The minimum absolute atomic E-state index is 0.608. The van der Waals surface area contributed by atoms with Crippen molar-refractivity contribution >= 4 is 0 Å². The highest BCUT2D eigenvalue weighted by Crippen LogP contribution is 2.39. The highest BCUT2D eigenvalue weighted by atomic mass is 15.2. The van der Waals surface area contributed by atoms with Crippen LogP contribution in [-0.4, -0.2) is 36.6 Å². The Kier molecular flexibility index (Phi) is 4.19. The number of nitrogens with one attached hydrogen (secondary N) is 1. The number of rotatable bonds is 4. The minimum Gasteiger partial charge on any atom is -0.311 e. The second kappa shape index (κ2) is 5.73. The van der Waals surface area contributed by atoms with Gasteiger partial charge in [-0.3, -0.25) is 4.90 Å². The minimum atomic E-state index is 0.608. The van der Waals surface area contributed by atoms with Gasteiger partial charge < -0.3 is 5.32 Å². The summed E-state index contributed by atoms with van der Waals surface area (Å²) in [5.74, 6) is 1.000. The fourth-order valence-electron chi connectivity index (χ4n) is 4.35. The van der Waals surface area contributed by atoms with Gasteiger partial charge in [-0.1, -0.05) is 33.1 Å². The van der Waals surface area contributed by atoms with E-state index >= 15 is 0 Å². The lowest BCUT2D eigenvalue weighted by Crippen LogP contribution is -2.59. The maximum Gasteiger partial charge on any atom is 0.0224 e. The number of hydrogen-bond donors (Lipinski definition) is 1. The van der Waals surface area contributed by atoms with E-state index in [1.807, 2.05) is 0 Å². The van der Waals surface area contributed by atoms with E-state index in [0.717, 1.165) is 18.0 Å². The van der Waals surface area contributed by atoms with Gasteiger partial charge in [-0.15, -0.1) is 0 Å². The first-order valence-electron chi connectivity index (χ1n) is 8.68. The van der Waals surface area contributed by atoms with Crippen molar-refractivity contribution in [2.24, 2.45) is 11.3 Å². The molecule has 2 nitrogen and oxygen atoms in total. The third-order valence-corrected chi connectivity index (χ3v) is 5.87. The van der Waals surface area contributed by atoms with Gasteiger partial charge in [0.2, 0.25) is 0 Å². The van der Waals surface area contributed by atoms with Crippen molar-refractivity contribution in [2.45, 2.75) is 77.3 Å². The van der Waals surface area contributed by atoms with Crippen LogP contribution in [0.1, 0.15) is 65.2 Å². The van der Waals surface area contributed by atoms with Crippen LogP contribution in [0.2, 0.25) is 0 Å². The van der Waals surface area contributed by atoms with Crippen LogP contribution in [0.4, 0.5) is 0 Å². The van der Waals surface area contributed by atoms with E-state index in [1.165, 1.54) is 71.0 Å². The Morgan fingerprint density at radius 3 is 2.53 bits per heavy atom. The molecule has 2 heteroatoms. The van der Waals surface area contributed by atoms with Gasteiger partial charge in [0.25, 0.3) is 0 Å². The molecule has 0 aromatic rings. The maximum absolute atomic E-state index is 3.82. The van der Waals surface area contributed by atoms with Gasteiger partial charge in [0, 0.05) is 31.7 Å². The van der Waals surface area contributed by atoms with Crippen LogP contribution in [-0.2, 0) is 0 Å². The number of nitrogens with zero attached hydrogens (tertiary/aromatic N) is 1. The van der Waals surface area contributed by atoms with E-state index in [4.69, 9.17) is 0 Å². The average Bonchev–Trinajstić information content (AvgIpc) is 3.23. The molecule has 0 radical (unpaired) electrons. The molecular formula is C17H32N2. The van der Waals surface area contributed by atoms with Crippen LogP contribution in [0.25, 0.3) is 0 Å². The molecule has 0 bridgehead atoms. The second-order valence-corrected chi connectivity index (χ2v) is 7.72. The molecule has 19 heavy (non-hydrogen) atoms. The Balaban J connectivity index is 1.61. The quantitative estimate of drug-likeness (QED) is 0.837. The molecule has 1 aliphatic heterocycles. The fraction of sp³-hybridized carbons (Fsp3) is 1.00. The van der Waals surface area contributed by atoms with Gasteiger partial charge in [0.05, 0.1) is 0 Å². The highest BCUT2D eigenvalue weighted by Gasteiger charge is 2.39. The van der Waals surface area contributed by atoms with Gasteiger partial charge in [-0.25, -0.2) is 0 Å². The van der Waals surface area contributed by atoms with Crippen LogP contribution in [0, 0.1) is 11.3 Å². The number of hydrogen-bond acceptors (Lipinski definition) is 2. The van der Waals surface area contributed by atoms with Crippen molar-refractivity contribution in [2.75, 3.05) is 19.6 Å². The Bertz CT molecular complexity index is 292. The topological polar surface area (TPSA) is 15.3 Å². The van der Waals surface area contributed by atoms with Gasteiger partial charge in [0.1, 0.15) is 0 Å². The zero-order valence-electron chi connectivity index (χ0n) is 13.0. The molecule has 0 aromatic carbocycles. The monoisotopic (exact) mass is 264 g/mol. The molecule has 0 spiro atoms. The average molecular weight is 264 g/mol. The molecule has 1 N–H and O–H groups in total. The normalized spacial score (nSPS) is 36.3. The van der Waals surface area contributed by atoms with Crippen molar-refractivity contribution in [3.05, 3.63) is 0 Å². The summed E-state index contributed by atoms with van der Waals surface area (Å²) in [5, 5.41) is 3.82. The summed E-state index contributed by atoms with van der Waals surface area (Å²) < 4.78 is 0. The summed E-state index contributed by atoms with van der Waals surface area (Å²) >= 11 is 0. The van der Waals surface area contributed by atoms with E-state index in [2.05, 4.69) is 24.1 Å². The molecule has 2 aliphatic carbocycles. The van der Waals surface area contributed by atoms with E-state index in [9.17, 15) is 0 Å². The zero-order chi connectivity index (χ0) is 13.3. The Labute approximate surface area is 119 Å². The third kappa shape index (κ3) is 3.33. The first-order chi connectivity index (χ1) is 9.20. The lowest BCUT2D eigenvalue weighted by atomic mass is 9.75. The molecule has 2 atom stereocenters. The molecule has 3 rings (SSSR count). The van der Waals surface area contributed by atoms with E-state index in [0.29, 0.717) is 5.41 Å². The van der Waals surface area contributed by atoms with Crippen molar-refractivity contribution < 1.29 is 0 Å². The predicted molar refractivity (Wildman–Crippen MR) is 81.4 cm³/mol. The first-order valence-corrected chi connectivity index (χ1v) is 8.68. The van der Waals surface area contributed by atoms with E-state index < -0.39 is 0 Å². The molecule has 3 aliphatic rings. The smallest absolute Gasteiger partial charge is 0.0224 e. The lowest BCUT2D eigenvalue weighted by molar-refractivity contribution is 0.0526. The Morgan fingerprint density at radius 1 is 1.16 bits per heavy atom. The molecule has 0 aromatic heterocycles. The standard InChI is InChI=1S/C17H32N2/c1-3-15-11-18-16(14-7-8-14)12-19(15)13-17(2)9-5-4-6-10-17/h14-16,18H,3-13H2,1-2H3. The van der Waals surface area contributed by atoms with Crippen molar-refractivity contribution in [3.63, 3.8) is 0 Å². The van der Waals surface area contributed by atoms with Crippen LogP contribution >= 0.6 is 0 Å². The van der Waals surface area contributed by atoms with Crippen LogP contribution in [0.5, 0.6) is 0 Å². The number of piperazine rings is 1. The highest BCUT2D eigenvalue weighted by molar-refractivity contribution is 4.96. The van der Waals surface area contributed by atoms with Gasteiger partial charge >= 0.3 is 0 Å². The summed E-state index contributed by atoms with van der Waals surface area (Å²) in [4.78, 5) is 2.85. The zero-order valence-corrected chi connectivity index (χ0v) is 13.0. The van der Waals surface area contributed by atoms with Crippen LogP contribution < -0.4 is 5.32 Å². The first kappa shape index (κ1) is 13.9. The van der Waals surface area contributed by atoms with Gasteiger partial charge in [-0.05, 0) is 43.4 Å². The molecular weight excluding hydrogens is 232 g/mol. The van der Waals surface area contributed by atoms with Crippen molar-refractivity contribution in [3.8, 4) is 0 Å². The molecule has 1 heterocycles. The van der Waals surface area contributed by atoms with E-state index in [-0.39, 0.29) is 0 Å². The molecule has 2 saturated carbocycles. The third-order valence-electron chi connectivity index (χ3n) is 5.87. The Morgan fingerprint density at radius 2 is 1.89 bits per heavy atom. The SMILES string of the molecule is CCC1CNC(C2CC2)CN1CC1(C)CCCCC1. The van der Waals surface area contributed by atoms with Crippen LogP contribution in [0.3, 0.4) is 0 Å². The predicted octanol–water partition coefficient (Wildman–Crippen LogP) is 3.42. The van der Waals surface area contributed by atoms with Gasteiger partial charge in [0.15, 0.2) is 0 Å². The van der Waals surface area contributed by atoms with Crippen LogP contribution in [0.15, 0.2) is 0 Å². The Hall–Kier alpha value is -0.0800. The largest absolute Gasteiger partial charge is 0.311 e. The summed E-state index contributed by atoms with van der Waals surface area (Å²) in [6.45, 7) is 8.82. The summed E-state index contributed by atoms with van der Waals surface area (Å²) in [7, 11) is 0. The fourth-order valence-corrected chi connectivity index (χ4v) is 4.35. The van der Waals surface area contributed by atoms with Gasteiger partial charge in [-0.2, -0.15) is 0 Å².